The van der Waals surface area contributed by atoms with Gasteiger partial charge in [-0.1, -0.05) is 37.5 Å². The molecule has 3 aliphatic heterocycles. The lowest BCUT2D eigenvalue weighted by Gasteiger charge is -2.44. The number of nitrogens with zero attached hydrogens (tertiary/aromatic N) is 1. The molecule has 4 fully saturated rings. The highest BCUT2D eigenvalue weighted by Crippen LogP contribution is 2.38. The van der Waals surface area contributed by atoms with E-state index in [0.717, 1.165) is 31.1 Å². The van der Waals surface area contributed by atoms with E-state index in [9.17, 15) is 5.11 Å². The van der Waals surface area contributed by atoms with Crippen LogP contribution in [0.4, 0.5) is 0 Å². The summed E-state index contributed by atoms with van der Waals surface area (Å²) in [6.07, 6.45) is 10.3. The van der Waals surface area contributed by atoms with Crippen LogP contribution in [0.15, 0.2) is 18.2 Å². The number of phenolic OH excluding ortho intramolecular Hbond substituents is 1. The van der Waals surface area contributed by atoms with Crippen molar-refractivity contribution in [1.82, 2.24) is 4.90 Å². The second kappa shape index (κ2) is 7.45. The highest BCUT2D eigenvalue weighted by atomic mass is 16.5. The Morgan fingerprint density at radius 1 is 1.04 bits per heavy atom. The number of rotatable bonds is 5. The van der Waals surface area contributed by atoms with Crippen molar-refractivity contribution in [3.05, 3.63) is 29.3 Å². The first-order valence-electron chi connectivity index (χ1n) is 9.96. The minimum atomic E-state index is 0.413. The van der Waals surface area contributed by atoms with Crippen LogP contribution in [0.25, 0.3) is 0 Å². The molecule has 1 N–H and O–H groups in total. The zero-order valence-corrected chi connectivity index (χ0v) is 14.8. The minimum Gasteiger partial charge on any atom is -0.507 e. The monoisotopic (exact) mass is 329 g/mol. The van der Waals surface area contributed by atoms with E-state index in [1.807, 2.05) is 0 Å². The Labute approximate surface area is 146 Å². The molecule has 2 bridgehead atoms. The minimum absolute atomic E-state index is 0.413. The van der Waals surface area contributed by atoms with Gasteiger partial charge in [0.05, 0.1) is 12.7 Å². The fourth-order valence-corrected chi connectivity index (χ4v) is 4.98. The second-order valence-corrected chi connectivity index (χ2v) is 7.99. The van der Waals surface area contributed by atoms with Crippen LogP contribution in [0.3, 0.4) is 0 Å². The molecule has 0 amide bonds. The molecule has 0 radical (unpaired) electrons. The molecular formula is C21H31NO2. The summed E-state index contributed by atoms with van der Waals surface area (Å²) in [5.41, 5.74) is 2.24. The summed E-state index contributed by atoms with van der Waals surface area (Å²) in [5, 5.41) is 10.7. The van der Waals surface area contributed by atoms with E-state index in [0.29, 0.717) is 17.8 Å². The van der Waals surface area contributed by atoms with E-state index in [1.54, 1.807) is 0 Å². The van der Waals surface area contributed by atoms with Gasteiger partial charge in [0.1, 0.15) is 5.75 Å². The largest absolute Gasteiger partial charge is 0.507 e. The summed E-state index contributed by atoms with van der Waals surface area (Å²) in [4.78, 5) is 2.53. The molecule has 0 aromatic heterocycles. The van der Waals surface area contributed by atoms with Crippen LogP contribution in [-0.4, -0.2) is 42.4 Å². The molecule has 3 heterocycles. The third-order valence-electron chi connectivity index (χ3n) is 6.50. The number of fused-ring (bicyclic) bond motifs is 3. The van der Waals surface area contributed by atoms with Gasteiger partial charge in [0.15, 0.2) is 0 Å². The zero-order valence-electron chi connectivity index (χ0n) is 14.8. The number of piperidine rings is 3. The molecule has 1 aliphatic carbocycles. The van der Waals surface area contributed by atoms with E-state index >= 15 is 0 Å². The maximum atomic E-state index is 10.7. The molecule has 1 aromatic carbocycles. The molecule has 1 aromatic rings. The number of ether oxygens (including phenoxy) is 1. The molecule has 5 rings (SSSR count). The van der Waals surface area contributed by atoms with Gasteiger partial charge in [-0.15, -0.1) is 0 Å². The van der Waals surface area contributed by atoms with Crippen molar-refractivity contribution in [1.29, 1.82) is 0 Å². The van der Waals surface area contributed by atoms with Crippen LogP contribution in [0.5, 0.6) is 5.75 Å². The summed E-state index contributed by atoms with van der Waals surface area (Å²) in [6, 6.07) is 6.32. The Hall–Kier alpha value is -1.06. The Morgan fingerprint density at radius 3 is 2.54 bits per heavy atom. The van der Waals surface area contributed by atoms with Crippen molar-refractivity contribution in [3.8, 4) is 5.75 Å². The molecule has 24 heavy (non-hydrogen) atoms. The van der Waals surface area contributed by atoms with E-state index < -0.39 is 0 Å². The van der Waals surface area contributed by atoms with Gasteiger partial charge in [-0.25, -0.2) is 0 Å². The lowest BCUT2D eigenvalue weighted by atomic mass is 9.83. The van der Waals surface area contributed by atoms with Gasteiger partial charge >= 0.3 is 0 Å². The van der Waals surface area contributed by atoms with Gasteiger partial charge in [-0.2, -0.15) is 0 Å². The molecule has 4 aliphatic rings. The number of hydrogen-bond acceptors (Lipinski definition) is 3. The maximum Gasteiger partial charge on any atom is 0.122 e. The SMILES string of the molecule is Oc1c(CCOC2CN3CCC2CC3)cccc1C1CCCCC1. The predicted octanol–water partition coefficient (Wildman–Crippen LogP) is 4.09. The Morgan fingerprint density at radius 2 is 1.83 bits per heavy atom. The first-order chi connectivity index (χ1) is 11.8. The van der Waals surface area contributed by atoms with Crippen molar-refractivity contribution < 1.29 is 9.84 Å². The molecule has 132 valence electrons. The van der Waals surface area contributed by atoms with Gasteiger partial charge in [-0.3, -0.25) is 0 Å². The molecule has 1 saturated carbocycles. The fraction of sp³-hybridized carbons (Fsp3) is 0.714. The molecule has 3 saturated heterocycles. The molecule has 3 nitrogen and oxygen atoms in total. The number of phenols is 1. The normalized spacial score (nSPS) is 30.6. The van der Waals surface area contributed by atoms with Crippen LogP contribution in [0.2, 0.25) is 0 Å². The van der Waals surface area contributed by atoms with Crippen molar-refractivity contribution in [2.45, 2.75) is 63.4 Å². The van der Waals surface area contributed by atoms with E-state index in [2.05, 4.69) is 23.1 Å². The van der Waals surface area contributed by atoms with Crippen molar-refractivity contribution >= 4 is 0 Å². The summed E-state index contributed by atoms with van der Waals surface area (Å²) in [6.45, 7) is 4.36. The smallest absolute Gasteiger partial charge is 0.122 e. The predicted molar refractivity (Wildman–Crippen MR) is 96.5 cm³/mol. The molecule has 0 spiro atoms. The van der Waals surface area contributed by atoms with Crippen LogP contribution in [-0.2, 0) is 11.2 Å². The molecule has 1 unspecified atom stereocenters. The average Bonchev–Trinajstić information content (AvgIpc) is 2.65. The van der Waals surface area contributed by atoms with Crippen LogP contribution < -0.4 is 0 Å². The Kier molecular flexibility index (Phi) is 5.09. The van der Waals surface area contributed by atoms with Crippen LogP contribution in [0, 0.1) is 5.92 Å². The Balaban J connectivity index is 1.34. The van der Waals surface area contributed by atoms with Crippen molar-refractivity contribution in [2.75, 3.05) is 26.2 Å². The third kappa shape index (κ3) is 3.48. The summed E-state index contributed by atoms with van der Waals surface area (Å²) >= 11 is 0. The number of benzene rings is 1. The number of para-hydroxylation sites is 1. The lowest BCUT2D eigenvalue weighted by Crippen LogP contribution is -2.51. The summed E-state index contributed by atoms with van der Waals surface area (Å²) in [5.74, 6) is 1.86. The number of aromatic hydroxyl groups is 1. The van der Waals surface area contributed by atoms with Gasteiger partial charge in [0, 0.05) is 6.54 Å². The first kappa shape index (κ1) is 16.4. The maximum absolute atomic E-state index is 10.7. The third-order valence-corrected chi connectivity index (χ3v) is 6.50. The lowest BCUT2D eigenvalue weighted by molar-refractivity contribution is -0.0684. The quantitative estimate of drug-likeness (QED) is 0.883. The van der Waals surface area contributed by atoms with Gasteiger partial charge in [0.25, 0.3) is 0 Å². The van der Waals surface area contributed by atoms with E-state index in [4.69, 9.17) is 4.74 Å². The topological polar surface area (TPSA) is 32.7 Å². The van der Waals surface area contributed by atoms with Crippen LogP contribution in [0.1, 0.15) is 62.0 Å². The van der Waals surface area contributed by atoms with Crippen molar-refractivity contribution in [3.63, 3.8) is 0 Å². The fourth-order valence-electron chi connectivity index (χ4n) is 4.98. The molecule has 1 atom stereocenters. The van der Waals surface area contributed by atoms with Gasteiger partial charge < -0.3 is 14.7 Å². The zero-order chi connectivity index (χ0) is 16.4. The standard InChI is InChI=1S/C21H31NO2/c23-21-18(7-4-8-19(21)16-5-2-1-3-6-16)11-14-24-20-15-22-12-9-17(20)10-13-22/h4,7-8,16-17,20,23H,1-3,5-6,9-15H2. The summed E-state index contributed by atoms with van der Waals surface area (Å²) < 4.78 is 6.21. The molecular weight excluding hydrogens is 298 g/mol. The van der Waals surface area contributed by atoms with E-state index in [-0.39, 0.29) is 0 Å². The molecule has 3 heteroatoms. The highest BCUT2D eigenvalue weighted by Gasteiger charge is 2.34. The van der Waals surface area contributed by atoms with E-state index in [1.165, 1.54) is 63.6 Å². The highest BCUT2D eigenvalue weighted by molar-refractivity contribution is 5.42. The van der Waals surface area contributed by atoms with Crippen molar-refractivity contribution in [2.24, 2.45) is 5.92 Å². The first-order valence-corrected chi connectivity index (χ1v) is 9.96. The summed E-state index contributed by atoms with van der Waals surface area (Å²) in [7, 11) is 0. The van der Waals surface area contributed by atoms with Gasteiger partial charge in [-0.05, 0) is 68.2 Å². The van der Waals surface area contributed by atoms with Crippen LogP contribution >= 0.6 is 0 Å². The Bertz CT molecular complexity index is 545. The second-order valence-electron chi connectivity index (χ2n) is 7.99. The number of hydrogen-bond donors (Lipinski definition) is 1. The van der Waals surface area contributed by atoms with Gasteiger partial charge in [0.2, 0.25) is 0 Å². The average molecular weight is 329 g/mol.